The Kier molecular flexibility index (Phi) is 7.38. The average Bonchev–Trinajstić information content (AvgIpc) is 3.40. The van der Waals surface area contributed by atoms with Crippen LogP contribution in [0.3, 0.4) is 0 Å². The van der Waals surface area contributed by atoms with Crippen LogP contribution in [0.4, 0.5) is 11.4 Å². The van der Waals surface area contributed by atoms with E-state index in [2.05, 4.69) is 4.90 Å². The Morgan fingerprint density at radius 1 is 0.868 bits per heavy atom. The van der Waals surface area contributed by atoms with E-state index in [0.29, 0.717) is 31.2 Å². The number of nitro benzene ring substituents is 1. The number of carbonyl (C=O) groups excluding carboxylic acids is 1. The molecule has 1 amide bonds. The van der Waals surface area contributed by atoms with Gasteiger partial charge in [-0.05, 0) is 42.0 Å². The number of amides is 1. The molecule has 0 N–H and O–H groups in total. The summed E-state index contributed by atoms with van der Waals surface area (Å²) in [6, 6.07) is 22.0. The lowest BCUT2D eigenvalue weighted by atomic mass is 9.88. The first-order valence-electron chi connectivity index (χ1n) is 12.3. The second-order valence-electron chi connectivity index (χ2n) is 9.49. The lowest BCUT2D eigenvalue weighted by molar-refractivity contribution is -0.384. The molecule has 2 atom stereocenters. The van der Waals surface area contributed by atoms with Gasteiger partial charge in [-0.1, -0.05) is 41.9 Å². The van der Waals surface area contributed by atoms with Gasteiger partial charge in [-0.15, -0.1) is 0 Å². The average molecular weight is 555 g/mol. The highest BCUT2D eigenvalue weighted by atomic mass is 35.5. The van der Waals surface area contributed by atoms with Crippen molar-refractivity contribution in [2.75, 3.05) is 44.2 Å². The molecule has 0 aromatic heterocycles. The molecule has 3 aromatic carbocycles. The summed E-state index contributed by atoms with van der Waals surface area (Å²) in [6.45, 7) is 2.62. The van der Waals surface area contributed by atoms with E-state index >= 15 is 0 Å². The van der Waals surface area contributed by atoms with Gasteiger partial charge < -0.3 is 9.80 Å². The summed E-state index contributed by atoms with van der Waals surface area (Å²) in [4.78, 5) is 28.2. The third-order valence-electron chi connectivity index (χ3n) is 7.30. The van der Waals surface area contributed by atoms with Crippen molar-refractivity contribution in [2.45, 2.75) is 10.8 Å². The van der Waals surface area contributed by atoms with E-state index in [1.54, 1.807) is 0 Å². The first-order chi connectivity index (χ1) is 18.2. The smallest absolute Gasteiger partial charge is 0.269 e. The van der Waals surface area contributed by atoms with E-state index in [1.165, 1.54) is 28.6 Å². The maximum absolute atomic E-state index is 13.8. The van der Waals surface area contributed by atoms with E-state index in [9.17, 15) is 23.3 Å². The molecule has 3 aromatic rings. The number of sulfonamides is 1. The quantitative estimate of drug-likeness (QED) is 0.337. The predicted octanol–water partition coefficient (Wildman–Crippen LogP) is 4.00. The third-order valence-corrected chi connectivity index (χ3v) is 9.40. The largest absolute Gasteiger partial charge is 0.368 e. The minimum absolute atomic E-state index is 0.0282. The molecule has 0 unspecified atom stereocenters. The zero-order valence-corrected chi connectivity index (χ0v) is 22.1. The first kappa shape index (κ1) is 26.1. The second kappa shape index (κ2) is 10.7. The molecule has 0 saturated carbocycles. The normalized spacial score (nSPS) is 20.4. The molecule has 11 heteroatoms. The van der Waals surface area contributed by atoms with Crippen LogP contribution in [-0.4, -0.2) is 67.7 Å². The Labute approximate surface area is 226 Å². The van der Waals surface area contributed by atoms with Crippen molar-refractivity contribution in [1.82, 2.24) is 9.21 Å². The molecule has 2 heterocycles. The first-order valence-corrected chi connectivity index (χ1v) is 14.1. The van der Waals surface area contributed by atoms with Crippen molar-refractivity contribution < 1.29 is 18.1 Å². The fourth-order valence-corrected chi connectivity index (χ4v) is 6.83. The summed E-state index contributed by atoms with van der Waals surface area (Å²) >= 11 is 6.01. The molecule has 2 aliphatic rings. The zero-order chi connectivity index (χ0) is 26.9. The molecule has 2 fully saturated rings. The number of rotatable bonds is 6. The van der Waals surface area contributed by atoms with Crippen LogP contribution in [0.25, 0.3) is 0 Å². The molecule has 2 saturated heterocycles. The third kappa shape index (κ3) is 5.24. The molecule has 9 nitrogen and oxygen atoms in total. The lowest BCUT2D eigenvalue weighted by Gasteiger charge is -2.37. The van der Waals surface area contributed by atoms with Gasteiger partial charge in [0.15, 0.2) is 0 Å². The van der Waals surface area contributed by atoms with Gasteiger partial charge in [0.1, 0.15) is 0 Å². The number of carbonyl (C=O) groups is 1. The van der Waals surface area contributed by atoms with E-state index < -0.39 is 20.9 Å². The van der Waals surface area contributed by atoms with Crippen LogP contribution in [0.2, 0.25) is 5.02 Å². The fraction of sp³-hybridized carbons (Fsp3) is 0.296. The molecule has 38 heavy (non-hydrogen) atoms. The highest BCUT2D eigenvalue weighted by Gasteiger charge is 2.45. The summed E-state index contributed by atoms with van der Waals surface area (Å²) in [7, 11) is -3.95. The van der Waals surface area contributed by atoms with Crippen LogP contribution in [0.5, 0.6) is 0 Å². The number of hydrogen-bond donors (Lipinski definition) is 0. The SMILES string of the molecule is O=C([C@@H]1CN(S(=O)(=O)c2ccc([N+](=O)[O-])cc2)C[C@H]1c1ccccc1)N1CCN(c2ccc(Cl)cc2)CC1. The van der Waals surface area contributed by atoms with Crippen molar-refractivity contribution in [1.29, 1.82) is 0 Å². The Morgan fingerprint density at radius 2 is 1.50 bits per heavy atom. The van der Waals surface area contributed by atoms with Crippen LogP contribution in [0.15, 0.2) is 83.8 Å². The number of nitro groups is 1. The molecular formula is C27H27ClN4O5S. The molecule has 0 radical (unpaired) electrons. The van der Waals surface area contributed by atoms with Gasteiger partial charge in [-0.25, -0.2) is 8.42 Å². The minimum Gasteiger partial charge on any atom is -0.368 e. The van der Waals surface area contributed by atoms with Gasteiger partial charge in [-0.2, -0.15) is 4.31 Å². The van der Waals surface area contributed by atoms with Crippen LogP contribution < -0.4 is 4.90 Å². The van der Waals surface area contributed by atoms with Gasteiger partial charge in [-0.3, -0.25) is 14.9 Å². The van der Waals surface area contributed by atoms with Crippen LogP contribution in [-0.2, 0) is 14.8 Å². The highest BCUT2D eigenvalue weighted by molar-refractivity contribution is 7.89. The van der Waals surface area contributed by atoms with E-state index in [-0.39, 0.29) is 35.5 Å². The van der Waals surface area contributed by atoms with Gasteiger partial charge in [0.05, 0.1) is 15.7 Å². The molecule has 198 valence electrons. The number of hydrogen-bond acceptors (Lipinski definition) is 6. The monoisotopic (exact) mass is 554 g/mol. The molecular weight excluding hydrogens is 528 g/mol. The molecule has 0 aliphatic carbocycles. The van der Waals surface area contributed by atoms with Gasteiger partial charge in [0, 0.05) is 68.0 Å². The number of piperazine rings is 1. The van der Waals surface area contributed by atoms with Gasteiger partial charge in [0.2, 0.25) is 15.9 Å². The van der Waals surface area contributed by atoms with Crippen molar-refractivity contribution in [3.05, 3.63) is 99.6 Å². The summed E-state index contributed by atoms with van der Waals surface area (Å²) < 4.78 is 28.3. The number of benzene rings is 3. The van der Waals surface area contributed by atoms with Crippen LogP contribution >= 0.6 is 11.6 Å². The van der Waals surface area contributed by atoms with E-state index in [4.69, 9.17) is 11.6 Å². The zero-order valence-electron chi connectivity index (χ0n) is 20.5. The van der Waals surface area contributed by atoms with Crippen LogP contribution in [0, 0.1) is 16.0 Å². The number of non-ortho nitro benzene ring substituents is 1. The minimum atomic E-state index is -3.95. The highest BCUT2D eigenvalue weighted by Crippen LogP contribution is 2.37. The van der Waals surface area contributed by atoms with Crippen molar-refractivity contribution >= 4 is 38.9 Å². The summed E-state index contributed by atoms with van der Waals surface area (Å²) in [5, 5.41) is 11.7. The topological polar surface area (TPSA) is 104 Å². The van der Waals surface area contributed by atoms with Gasteiger partial charge >= 0.3 is 0 Å². The second-order valence-corrected chi connectivity index (χ2v) is 11.9. The molecule has 0 bridgehead atoms. The maximum atomic E-state index is 13.8. The van der Waals surface area contributed by atoms with Gasteiger partial charge in [0.25, 0.3) is 5.69 Å². The Bertz CT molecular complexity index is 1410. The lowest BCUT2D eigenvalue weighted by Crippen LogP contribution is -2.51. The summed E-state index contributed by atoms with van der Waals surface area (Å²) in [5.74, 6) is -0.894. The number of halogens is 1. The van der Waals surface area contributed by atoms with Crippen molar-refractivity contribution in [3.8, 4) is 0 Å². The Balaban J connectivity index is 1.35. The Hall–Kier alpha value is -3.47. The number of nitrogens with zero attached hydrogens (tertiary/aromatic N) is 4. The van der Waals surface area contributed by atoms with Crippen molar-refractivity contribution in [2.24, 2.45) is 5.92 Å². The molecule has 0 spiro atoms. The van der Waals surface area contributed by atoms with E-state index in [0.717, 1.165) is 11.3 Å². The summed E-state index contributed by atoms with van der Waals surface area (Å²) in [6.07, 6.45) is 0. The summed E-state index contributed by atoms with van der Waals surface area (Å²) in [5.41, 5.74) is 1.77. The molecule has 2 aliphatic heterocycles. The maximum Gasteiger partial charge on any atom is 0.269 e. The fourth-order valence-electron chi connectivity index (χ4n) is 5.21. The van der Waals surface area contributed by atoms with Crippen molar-refractivity contribution in [3.63, 3.8) is 0 Å². The number of anilines is 1. The Morgan fingerprint density at radius 3 is 2.11 bits per heavy atom. The standard InChI is InChI=1S/C27H27ClN4O5S/c28-21-6-8-22(9-7-21)29-14-16-30(17-15-29)27(33)26-19-31(18-25(26)20-4-2-1-3-5-20)38(36,37)24-12-10-23(11-13-24)32(34)35/h1-13,25-26H,14-19H2/t25-,26+/m0/s1. The van der Waals surface area contributed by atoms with Crippen LogP contribution in [0.1, 0.15) is 11.5 Å². The molecule has 5 rings (SSSR count). The predicted molar refractivity (Wildman–Crippen MR) is 145 cm³/mol. The van der Waals surface area contributed by atoms with E-state index in [1.807, 2.05) is 59.5 Å².